The molecular weight excluding hydrogens is 228 g/mol. The summed E-state index contributed by atoms with van der Waals surface area (Å²) in [5, 5.41) is 3.71. The maximum Gasteiger partial charge on any atom is 0.0221 e. The van der Waals surface area contributed by atoms with Gasteiger partial charge < -0.3 is 5.32 Å². The van der Waals surface area contributed by atoms with Crippen LogP contribution in [0.25, 0.3) is 0 Å². The molecule has 0 aromatic heterocycles. The summed E-state index contributed by atoms with van der Waals surface area (Å²) in [6.45, 7) is 11.8. The molecule has 0 saturated carbocycles. The molecule has 0 radical (unpaired) electrons. The lowest BCUT2D eigenvalue weighted by Gasteiger charge is -2.44. The molecule has 17 heavy (non-hydrogen) atoms. The SMILES string of the molecule is CCC1CNC(C(C)C)CN1C(C)CCSC. The average Bonchev–Trinajstić information content (AvgIpc) is 2.34. The minimum absolute atomic E-state index is 0.675. The molecule has 0 aromatic rings. The molecule has 1 aliphatic rings. The van der Waals surface area contributed by atoms with Crippen molar-refractivity contribution in [2.45, 2.75) is 58.7 Å². The van der Waals surface area contributed by atoms with Gasteiger partial charge in [-0.1, -0.05) is 20.8 Å². The van der Waals surface area contributed by atoms with E-state index in [0.717, 1.165) is 18.0 Å². The summed E-state index contributed by atoms with van der Waals surface area (Å²) in [6.07, 6.45) is 4.79. The molecule has 102 valence electrons. The van der Waals surface area contributed by atoms with E-state index in [1.165, 1.54) is 31.7 Å². The maximum absolute atomic E-state index is 3.71. The highest BCUT2D eigenvalue weighted by Crippen LogP contribution is 2.20. The summed E-state index contributed by atoms with van der Waals surface area (Å²) < 4.78 is 0. The van der Waals surface area contributed by atoms with E-state index in [1.807, 2.05) is 11.8 Å². The summed E-state index contributed by atoms with van der Waals surface area (Å²) in [5.74, 6) is 2.02. The molecule has 1 saturated heterocycles. The van der Waals surface area contributed by atoms with Crippen LogP contribution in [-0.2, 0) is 0 Å². The van der Waals surface area contributed by atoms with Crippen molar-refractivity contribution in [1.82, 2.24) is 10.2 Å². The monoisotopic (exact) mass is 258 g/mol. The molecule has 2 nitrogen and oxygen atoms in total. The van der Waals surface area contributed by atoms with Crippen LogP contribution in [0.5, 0.6) is 0 Å². The Bertz CT molecular complexity index is 208. The van der Waals surface area contributed by atoms with Gasteiger partial charge in [0.25, 0.3) is 0 Å². The van der Waals surface area contributed by atoms with Crippen LogP contribution in [0.3, 0.4) is 0 Å². The summed E-state index contributed by atoms with van der Waals surface area (Å²) in [6, 6.07) is 2.15. The molecule has 1 rings (SSSR count). The Morgan fingerprint density at radius 2 is 2.06 bits per heavy atom. The van der Waals surface area contributed by atoms with Crippen molar-refractivity contribution in [3.05, 3.63) is 0 Å². The van der Waals surface area contributed by atoms with Gasteiger partial charge in [0.2, 0.25) is 0 Å². The molecule has 0 aromatic carbocycles. The summed E-state index contributed by atoms with van der Waals surface area (Å²) >= 11 is 1.97. The second-order valence-electron chi connectivity index (χ2n) is 5.65. The highest BCUT2D eigenvalue weighted by Gasteiger charge is 2.30. The number of hydrogen-bond donors (Lipinski definition) is 1. The first-order chi connectivity index (χ1) is 8.10. The van der Waals surface area contributed by atoms with Gasteiger partial charge in [-0.3, -0.25) is 4.90 Å². The van der Waals surface area contributed by atoms with Crippen LogP contribution < -0.4 is 5.32 Å². The summed E-state index contributed by atoms with van der Waals surface area (Å²) in [4.78, 5) is 2.75. The number of piperazine rings is 1. The number of rotatable bonds is 6. The Labute approximate surface area is 112 Å². The van der Waals surface area contributed by atoms with Gasteiger partial charge in [-0.05, 0) is 37.7 Å². The van der Waals surface area contributed by atoms with E-state index < -0.39 is 0 Å². The van der Waals surface area contributed by atoms with E-state index in [-0.39, 0.29) is 0 Å². The molecule has 0 amide bonds. The zero-order valence-corrected chi connectivity index (χ0v) is 13.0. The van der Waals surface area contributed by atoms with Crippen LogP contribution in [0.2, 0.25) is 0 Å². The van der Waals surface area contributed by atoms with Crippen molar-refractivity contribution in [3.8, 4) is 0 Å². The fourth-order valence-electron chi connectivity index (χ4n) is 2.66. The number of nitrogens with zero attached hydrogens (tertiary/aromatic N) is 1. The van der Waals surface area contributed by atoms with E-state index in [2.05, 4.69) is 44.2 Å². The van der Waals surface area contributed by atoms with Crippen molar-refractivity contribution >= 4 is 11.8 Å². The Hall–Kier alpha value is 0.270. The zero-order valence-electron chi connectivity index (χ0n) is 12.2. The molecule has 1 aliphatic heterocycles. The molecular formula is C14H30N2S. The Morgan fingerprint density at radius 3 is 2.59 bits per heavy atom. The third-order valence-electron chi connectivity index (χ3n) is 4.07. The Kier molecular flexibility index (Phi) is 6.90. The van der Waals surface area contributed by atoms with Crippen molar-refractivity contribution in [3.63, 3.8) is 0 Å². The van der Waals surface area contributed by atoms with Gasteiger partial charge in [0.15, 0.2) is 0 Å². The predicted molar refractivity (Wildman–Crippen MR) is 79.9 cm³/mol. The lowest BCUT2D eigenvalue weighted by Crippen LogP contribution is -2.60. The highest BCUT2D eigenvalue weighted by atomic mass is 32.2. The molecule has 1 fully saturated rings. The van der Waals surface area contributed by atoms with Crippen LogP contribution in [0.4, 0.5) is 0 Å². The normalized spacial score (nSPS) is 28.6. The molecule has 0 spiro atoms. The standard InChI is InChI=1S/C14H30N2S/c1-6-13-9-15-14(11(2)3)10-16(13)12(4)7-8-17-5/h11-15H,6-10H2,1-5H3. The summed E-state index contributed by atoms with van der Waals surface area (Å²) in [7, 11) is 0. The van der Waals surface area contributed by atoms with Gasteiger partial charge in [0, 0.05) is 31.2 Å². The van der Waals surface area contributed by atoms with E-state index in [0.29, 0.717) is 6.04 Å². The van der Waals surface area contributed by atoms with Crippen molar-refractivity contribution in [1.29, 1.82) is 0 Å². The lowest BCUT2D eigenvalue weighted by molar-refractivity contribution is 0.0727. The van der Waals surface area contributed by atoms with Gasteiger partial charge in [0.1, 0.15) is 0 Å². The molecule has 0 bridgehead atoms. The van der Waals surface area contributed by atoms with E-state index in [1.54, 1.807) is 0 Å². The topological polar surface area (TPSA) is 15.3 Å². The highest BCUT2D eigenvalue weighted by molar-refractivity contribution is 7.98. The summed E-state index contributed by atoms with van der Waals surface area (Å²) in [5.41, 5.74) is 0. The smallest absolute Gasteiger partial charge is 0.0221 e. The number of nitrogens with one attached hydrogen (secondary N) is 1. The first-order valence-electron chi connectivity index (χ1n) is 7.08. The number of thioether (sulfide) groups is 1. The van der Waals surface area contributed by atoms with Gasteiger partial charge in [-0.2, -0.15) is 11.8 Å². The maximum atomic E-state index is 3.71. The molecule has 1 N–H and O–H groups in total. The van der Waals surface area contributed by atoms with Crippen molar-refractivity contribution in [2.24, 2.45) is 5.92 Å². The third kappa shape index (κ3) is 4.46. The number of hydrogen-bond acceptors (Lipinski definition) is 3. The van der Waals surface area contributed by atoms with Crippen LogP contribution in [0.15, 0.2) is 0 Å². The fraction of sp³-hybridized carbons (Fsp3) is 1.00. The van der Waals surface area contributed by atoms with Crippen LogP contribution in [0.1, 0.15) is 40.5 Å². The van der Waals surface area contributed by atoms with E-state index in [4.69, 9.17) is 0 Å². The van der Waals surface area contributed by atoms with Crippen molar-refractivity contribution in [2.75, 3.05) is 25.1 Å². The van der Waals surface area contributed by atoms with Crippen LogP contribution in [-0.4, -0.2) is 48.1 Å². The molecule has 3 atom stereocenters. The van der Waals surface area contributed by atoms with Crippen molar-refractivity contribution < 1.29 is 0 Å². The fourth-order valence-corrected chi connectivity index (χ4v) is 3.24. The van der Waals surface area contributed by atoms with Gasteiger partial charge in [-0.15, -0.1) is 0 Å². The third-order valence-corrected chi connectivity index (χ3v) is 4.72. The molecule has 3 heteroatoms. The van der Waals surface area contributed by atoms with Gasteiger partial charge in [-0.25, -0.2) is 0 Å². The zero-order chi connectivity index (χ0) is 12.8. The van der Waals surface area contributed by atoms with Crippen LogP contribution >= 0.6 is 11.8 Å². The molecule has 0 aliphatic carbocycles. The Balaban J connectivity index is 2.55. The average molecular weight is 258 g/mol. The largest absolute Gasteiger partial charge is 0.311 e. The van der Waals surface area contributed by atoms with Gasteiger partial charge >= 0.3 is 0 Å². The predicted octanol–water partition coefficient (Wildman–Crippen LogP) is 2.84. The Morgan fingerprint density at radius 1 is 1.35 bits per heavy atom. The minimum Gasteiger partial charge on any atom is -0.311 e. The quantitative estimate of drug-likeness (QED) is 0.789. The first-order valence-corrected chi connectivity index (χ1v) is 8.47. The minimum atomic E-state index is 0.675. The van der Waals surface area contributed by atoms with E-state index >= 15 is 0 Å². The molecule has 1 heterocycles. The van der Waals surface area contributed by atoms with Gasteiger partial charge in [0.05, 0.1) is 0 Å². The van der Waals surface area contributed by atoms with Crippen LogP contribution in [0, 0.1) is 5.92 Å². The first kappa shape index (κ1) is 15.3. The van der Waals surface area contributed by atoms with E-state index in [9.17, 15) is 0 Å². The molecule has 3 unspecified atom stereocenters. The second kappa shape index (κ2) is 7.65. The lowest BCUT2D eigenvalue weighted by atomic mass is 9.96. The second-order valence-corrected chi connectivity index (χ2v) is 6.63.